The zero-order valence-corrected chi connectivity index (χ0v) is 17.8. The van der Waals surface area contributed by atoms with Crippen molar-refractivity contribution in [1.29, 1.82) is 0 Å². The molecule has 1 unspecified atom stereocenters. The third-order valence-electron chi connectivity index (χ3n) is 4.61. The standard InChI is InChI=1S/C20H26FN3O4S/c1-5-24(12-15-7-9-18(28-4)17(21)10-15)13-20(25)23-16-8-6-14(2)19(11-16)29(26,27)22-3/h6-11,22H,5,12-13H2,1-4H3,(H,23,25)/p+1. The fourth-order valence-electron chi connectivity index (χ4n) is 2.93. The van der Waals surface area contributed by atoms with Gasteiger partial charge in [-0.3, -0.25) is 4.79 Å². The Morgan fingerprint density at radius 3 is 2.52 bits per heavy atom. The van der Waals surface area contributed by atoms with Crippen molar-refractivity contribution in [2.24, 2.45) is 0 Å². The molecule has 2 aromatic carbocycles. The first-order chi connectivity index (χ1) is 13.7. The van der Waals surface area contributed by atoms with Crippen LogP contribution in [-0.4, -0.2) is 41.6 Å². The number of hydrogen-bond donors (Lipinski definition) is 3. The van der Waals surface area contributed by atoms with E-state index in [0.717, 1.165) is 10.5 Å². The number of aryl methyl sites for hydroxylation is 1. The van der Waals surface area contributed by atoms with E-state index in [0.29, 0.717) is 24.3 Å². The predicted octanol–water partition coefficient (Wildman–Crippen LogP) is 1.09. The number of benzene rings is 2. The van der Waals surface area contributed by atoms with Gasteiger partial charge >= 0.3 is 0 Å². The van der Waals surface area contributed by atoms with Crippen LogP contribution < -0.4 is 19.7 Å². The third kappa shape index (κ3) is 5.99. The molecule has 158 valence electrons. The van der Waals surface area contributed by atoms with Crippen molar-refractivity contribution in [3.63, 3.8) is 0 Å². The van der Waals surface area contributed by atoms with E-state index in [-0.39, 0.29) is 23.1 Å². The Labute approximate surface area is 170 Å². The van der Waals surface area contributed by atoms with E-state index in [1.165, 1.54) is 26.3 Å². The summed E-state index contributed by atoms with van der Waals surface area (Å²) in [5.41, 5.74) is 1.74. The molecule has 9 heteroatoms. The lowest BCUT2D eigenvalue weighted by atomic mass is 10.2. The van der Waals surface area contributed by atoms with Gasteiger partial charge in [-0.1, -0.05) is 6.07 Å². The predicted molar refractivity (Wildman–Crippen MR) is 109 cm³/mol. The molecule has 0 saturated carbocycles. The van der Waals surface area contributed by atoms with Crippen LogP contribution in [0, 0.1) is 12.7 Å². The molecule has 0 aromatic heterocycles. The van der Waals surface area contributed by atoms with E-state index in [9.17, 15) is 17.6 Å². The zero-order valence-electron chi connectivity index (χ0n) is 17.0. The summed E-state index contributed by atoms with van der Waals surface area (Å²) in [4.78, 5) is 13.5. The lowest BCUT2D eigenvalue weighted by molar-refractivity contribution is -0.903. The van der Waals surface area contributed by atoms with Crippen LogP contribution in [0.25, 0.3) is 0 Å². The maximum atomic E-state index is 13.9. The van der Waals surface area contributed by atoms with Crippen LogP contribution in [0.4, 0.5) is 10.1 Å². The van der Waals surface area contributed by atoms with Crippen LogP contribution >= 0.6 is 0 Å². The van der Waals surface area contributed by atoms with Crippen molar-refractivity contribution in [1.82, 2.24) is 4.72 Å². The summed E-state index contributed by atoms with van der Waals surface area (Å²) in [6.07, 6.45) is 0. The Morgan fingerprint density at radius 1 is 1.21 bits per heavy atom. The van der Waals surface area contributed by atoms with Crippen molar-refractivity contribution >= 4 is 21.6 Å². The molecule has 29 heavy (non-hydrogen) atoms. The summed E-state index contributed by atoms with van der Waals surface area (Å²) in [6.45, 7) is 4.91. The molecule has 0 spiro atoms. The largest absolute Gasteiger partial charge is 0.494 e. The summed E-state index contributed by atoms with van der Waals surface area (Å²) in [5, 5.41) is 2.74. The van der Waals surface area contributed by atoms with Crippen LogP contribution in [0.2, 0.25) is 0 Å². The van der Waals surface area contributed by atoms with Gasteiger partial charge in [0.25, 0.3) is 5.91 Å². The van der Waals surface area contributed by atoms with Gasteiger partial charge < -0.3 is 15.0 Å². The number of halogens is 1. The Hall–Kier alpha value is -2.49. The van der Waals surface area contributed by atoms with Crippen molar-refractivity contribution in [3.05, 3.63) is 53.3 Å². The minimum Gasteiger partial charge on any atom is -0.494 e. The molecular formula is C20H27FN3O4S+. The monoisotopic (exact) mass is 424 g/mol. The first-order valence-corrected chi connectivity index (χ1v) is 10.7. The molecule has 1 atom stereocenters. The molecule has 0 bridgehead atoms. The van der Waals surface area contributed by atoms with Gasteiger partial charge in [0.15, 0.2) is 18.1 Å². The minimum atomic E-state index is -3.62. The number of carbonyl (C=O) groups is 1. The molecule has 0 fully saturated rings. The lowest BCUT2D eigenvalue weighted by Crippen LogP contribution is -3.11. The number of ether oxygens (including phenoxy) is 1. The number of sulfonamides is 1. The number of amides is 1. The zero-order chi connectivity index (χ0) is 21.6. The van der Waals surface area contributed by atoms with E-state index in [1.54, 1.807) is 31.2 Å². The van der Waals surface area contributed by atoms with Crippen molar-refractivity contribution in [2.45, 2.75) is 25.3 Å². The van der Waals surface area contributed by atoms with Gasteiger partial charge in [0.05, 0.1) is 18.6 Å². The number of nitrogens with one attached hydrogen (secondary N) is 3. The Bertz CT molecular complexity index is 980. The second-order valence-electron chi connectivity index (χ2n) is 6.66. The number of carbonyl (C=O) groups excluding carboxylic acids is 1. The molecule has 0 aliphatic heterocycles. The van der Waals surface area contributed by atoms with Crippen LogP contribution in [0.1, 0.15) is 18.1 Å². The van der Waals surface area contributed by atoms with Gasteiger partial charge in [-0.25, -0.2) is 17.5 Å². The fourth-order valence-corrected chi connectivity index (χ4v) is 3.92. The highest BCUT2D eigenvalue weighted by molar-refractivity contribution is 7.89. The number of likely N-dealkylation sites (N-methyl/N-ethyl adjacent to an activating group) is 1. The Morgan fingerprint density at radius 2 is 1.93 bits per heavy atom. The van der Waals surface area contributed by atoms with Gasteiger partial charge in [0, 0.05) is 11.3 Å². The average Bonchev–Trinajstić information content (AvgIpc) is 2.69. The molecule has 0 aliphatic carbocycles. The third-order valence-corrected chi connectivity index (χ3v) is 6.17. The molecular weight excluding hydrogens is 397 g/mol. The molecule has 0 saturated heterocycles. The smallest absolute Gasteiger partial charge is 0.279 e. The highest BCUT2D eigenvalue weighted by atomic mass is 32.2. The minimum absolute atomic E-state index is 0.117. The number of methoxy groups -OCH3 is 1. The van der Waals surface area contributed by atoms with Crippen LogP contribution in [-0.2, 0) is 21.4 Å². The fraction of sp³-hybridized carbons (Fsp3) is 0.350. The highest BCUT2D eigenvalue weighted by Gasteiger charge is 2.18. The second-order valence-corrected chi connectivity index (χ2v) is 8.52. The normalized spacial score (nSPS) is 12.4. The van der Waals surface area contributed by atoms with E-state index in [4.69, 9.17) is 4.74 Å². The summed E-state index contributed by atoms with van der Waals surface area (Å²) < 4.78 is 45.3. The number of hydrogen-bond acceptors (Lipinski definition) is 4. The molecule has 7 nitrogen and oxygen atoms in total. The van der Waals surface area contributed by atoms with Gasteiger partial charge in [0.2, 0.25) is 10.0 Å². The van der Waals surface area contributed by atoms with Crippen molar-refractivity contribution in [2.75, 3.05) is 32.6 Å². The van der Waals surface area contributed by atoms with Crippen LogP contribution in [0.3, 0.4) is 0 Å². The molecule has 0 heterocycles. The Balaban J connectivity index is 2.07. The first kappa shape index (κ1) is 22.8. The maximum Gasteiger partial charge on any atom is 0.279 e. The van der Waals surface area contributed by atoms with Crippen LogP contribution in [0.15, 0.2) is 41.3 Å². The van der Waals surface area contributed by atoms with Gasteiger partial charge in [-0.05, 0) is 56.8 Å². The molecule has 2 aromatic rings. The lowest BCUT2D eigenvalue weighted by Gasteiger charge is -2.18. The number of anilines is 1. The first-order valence-electron chi connectivity index (χ1n) is 9.20. The van der Waals surface area contributed by atoms with E-state index < -0.39 is 15.8 Å². The quantitative estimate of drug-likeness (QED) is 0.562. The van der Waals surface area contributed by atoms with E-state index >= 15 is 0 Å². The molecule has 0 aliphatic rings. The second kappa shape index (κ2) is 9.82. The topological polar surface area (TPSA) is 88.9 Å². The number of rotatable bonds is 9. The van der Waals surface area contributed by atoms with Crippen LogP contribution in [0.5, 0.6) is 5.75 Å². The summed E-state index contributed by atoms with van der Waals surface area (Å²) in [6, 6.07) is 9.47. The average molecular weight is 425 g/mol. The number of quaternary nitrogens is 1. The molecule has 0 radical (unpaired) electrons. The van der Waals surface area contributed by atoms with Gasteiger partial charge in [-0.15, -0.1) is 0 Å². The summed E-state index contributed by atoms with van der Waals surface area (Å²) in [5.74, 6) is -0.522. The van der Waals surface area contributed by atoms with Gasteiger partial charge in [-0.2, -0.15) is 0 Å². The highest BCUT2D eigenvalue weighted by Crippen LogP contribution is 2.20. The summed E-state index contributed by atoms with van der Waals surface area (Å²) in [7, 11) is -0.873. The maximum absolute atomic E-state index is 13.9. The van der Waals surface area contributed by atoms with Crippen molar-refractivity contribution in [3.8, 4) is 5.75 Å². The molecule has 1 amide bonds. The SMILES string of the molecule is CC[NH+](CC(=O)Nc1ccc(C)c(S(=O)(=O)NC)c1)Cc1ccc(OC)c(F)c1. The van der Waals surface area contributed by atoms with E-state index in [1.807, 2.05) is 6.92 Å². The van der Waals surface area contributed by atoms with Crippen molar-refractivity contribution < 1.29 is 27.2 Å². The van der Waals surface area contributed by atoms with Gasteiger partial charge in [0.1, 0.15) is 6.54 Å². The van der Waals surface area contributed by atoms with E-state index in [2.05, 4.69) is 10.0 Å². The molecule has 3 N–H and O–H groups in total. The Kier molecular flexibility index (Phi) is 7.72. The summed E-state index contributed by atoms with van der Waals surface area (Å²) >= 11 is 0. The molecule has 2 rings (SSSR count).